The molecule has 2 heterocycles. The number of carboxylic acid groups (broad SMARTS) is 1. The van der Waals surface area contributed by atoms with E-state index in [0.717, 1.165) is 37.0 Å². The van der Waals surface area contributed by atoms with Crippen molar-refractivity contribution >= 4 is 11.9 Å². The maximum absolute atomic E-state index is 12.6. The fraction of sp³-hybridized carbons (Fsp3) is 0.625. The molecule has 2 rings (SSSR count). The predicted molar refractivity (Wildman–Crippen MR) is 78.4 cm³/mol. The number of carbonyl (C=O) groups excluding carboxylic acids is 1. The first-order valence-electron chi connectivity index (χ1n) is 7.65. The number of rotatable bonds is 5. The molecule has 0 aliphatic carbocycles. The van der Waals surface area contributed by atoms with Crippen LogP contribution < -0.4 is 0 Å². The maximum Gasteiger partial charge on any atom is 0.303 e. The van der Waals surface area contributed by atoms with E-state index in [-0.39, 0.29) is 18.4 Å². The standard InChI is InChI=1S/C16H23NO4/c1-3-13-11(2)10-14(21-13)16(20)17-9-5-4-6-12(17)7-8-15(18)19/h10,12H,3-9H2,1-2H3,(H,18,19). The molecule has 1 unspecified atom stereocenters. The number of hydrogen-bond donors (Lipinski definition) is 1. The van der Waals surface area contributed by atoms with Gasteiger partial charge in [-0.25, -0.2) is 0 Å². The minimum absolute atomic E-state index is 0.0119. The van der Waals surface area contributed by atoms with E-state index < -0.39 is 5.97 Å². The Balaban J connectivity index is 2.11. The van der Waals surface area contributed by atoms with E-state index in [4.69, 9.17) is 9.52 Å². The van der Waals surface area contributed by atoms with Gasteiger partial charge in [0.1, 0.15) is 5.76 Å². The number of likely N-dealkylation sites (tertiary alicyclic amines) is 1. The van der Waals surface area contributed by atoms with E-state index in [1.807, 2.05) is 13.8 Å². The Morgan fingerprint density at radius 3 is 2.81 bits per heavy atom. The summed E-state index contributed by atoms with van der Waals surface area (Å²) in [5, 5.41) is 8.84. The molecular weight excluding hydrogens is 270 g/mol. The van der Waals surface area contributed by atoms with Crippen LogP contribution in [0.3, 0.4) is 0 Å². The number of furan rings is 1. The van der Waals surface area contributed by atoms with Crippen molar-refractivity contribution in [1.29, 1.82) is 0 Å². The molecule has 0 radical (unpaired) electrons. The fourth-order valence-electron chi connectivity index (χ4n) is 2.98. The number of aryl methyl sites for hydroxylation is 2. The number of nitrogens with zero attached hydrogens (tertiary/aromatic N) is 1. The van der Waals surface area contributed by atoms with E-state index in [1.165, 1.54) is 0 Å². The number of aliphatic carboxylic acids is 1. The third-order valence-corrected chi connectivity index (χ3v) is 4.13. The first-order chi connectivity index (χ1) is 10.0. The summed E-state index contributed by atoms with van der Waals surface area (Å²) in [6, 6.07) is 1.81. The van der Waals surface area contributed by atoms with Crippen molar-refractivity contribution < 1.29 is 19.1 Å². The number of amides is 1. The molecule has 5 nitrogen and oxygen atoms in total. The van der Waals surface area contributed by atoms with Crippen molar-refractivity contribution in [3.8, 4) is 0 Å². The molecule has 1 aliphatic heterocycles. The molecule has 1 aromatic rings. The van der Waals surface area contributed by atoms with Crippen LogP contribution in [0.4, 0.5) is 0 Å². The van der Waals surface area contributed by atoms with Gasteiger partial charge in [0, 0.05) is 25.4 Å². The van der Waals surface area contributed by atoms with Crippen LogP contribution >= 0.6 is 0 Å². The summed E-state index contributed by atoms with van der Waals surface area (Å²) >= 11 is 0. The predicted octanol–water partition coefficient (Wildman–Crippen LogP) is 3.01. The molecule has 1 atom stereocenters. The normalized spacial score (nSPS) is 18.8. The van der Waals surface area contributed by atoms with Gasteiger partial charge in [-0.1, -0.05) is 6.92 Å². The van der Waals surface area contributed by atoms with Crippen LogP contribution in [0.2, 0.25) is 0 Å². The molecule has 0 aromatic carbocycles. The molecule has 1 aromatic heterocycles. The van der Waals surface area contributed by atoms with Gasteiger partial charge in [-0.05, 0) is 44.2 Å². The molecule has 0 saturated carbocycles. The van der Waals surface area contributed by atoms with Gasteiger partial charge in [0.2, 0.25) is 0 Å². The second-order valence-corrected chi connectivity index (χ2v) is 5.65. The lowest BCUT2D eigenvalue weighted by atomic mass is 9.97. The SMILES string of the molecule is CCc1oc(C(=O)N2CCCCC2CCC(=O)O)cc1C. The Labute approximate surface area is 124 Å². The Morgan fingerprint density at radius 1 is 1.43 bits per heavy atom. The number of piperidine rings is 1. The zero-order valence-corrected chi connectivity index (χ0v) is 12.7. The Kier molecular flexibility index (Phi) is 5.04. The number of carboxylic acids is 1. The lowest BCUT2D eigenvalue weighted by molar-refractivity contribution is -0.137. The molecule has 1 saturated heterocycles. The molecule has 1 aliphatic rings. The first-order valence-corrected chi connectivity index (χ1v) is 7.65. The Hall–Kier alpha value is -1.78. The first kappa shape index (κ1) is 15.6. The van der Waals surface area contributed by atoms with Crippen LogP contribution in [0.25, 0.3) is 0 Å². The van der Waals surface area contributed by atoms with Crippen LogP contribution in [0.15, 0.2) is 10.5 Å². The minimum Gasteiger partial charge on any atom is -0.481 e. The van der Waals surface area contributed by atoms with E-state index in [2.05, 4.69) is 0 Å². The van der Waals surface area contributed by atoms with Crippen LogP contribution in [0, 0.1) is 6.92 Å². The van der Waals surface area contributed by atoms with Crippen molar-refractivity contribution in [2.24, 2.45) is 0 Å². The summed E-state index contributed by atoms with van der Waals surface area (Å²) in [7, 11) is 0. The van der Waals surface area contributed by atoms with Crippen molar-refractivity contribution in [1.82, 2.24) is 4.90 Å². The molecule has 21 heavy (non-hydrogen) atoms. The highest BCUT2D eigenvalue weighted by Crippen LogP contribution is 2.25. The van der Waals surface area contributed by atoms with Gasteiger partial charge < -0.3 is 14.4 Å². The third kappa shape index (κ3) is 3.65. The van der Waals surface area contributed by atoms with Crippen LogP contribution in [0.5, 0.6) is 0 Å². The zero-order chi connectivity index (χ0) is 15.4. The Morgan fingerprint density at radius 2 is 2.19 bits per heavy atom. The summed E-state index contributed by atoms with van der Waals surface area (Å²) in [5.41, 5.74) is 1.000. The smallest absolute Gasteiger partial charge is 0.303 e. The number of hydrogen-bond acceptors (Lipinski definition) is 3. The second-order valence-electron chi connectivity index (χ2n) is 5.65. The van der Waals surface area contributed by atoms with E-state index >= 15 is 0 Å². The quantitative estimate of drug-likeness (QED) is 0.906. The molecule has 0 bridgehead atoms. The van der Waals surface area contributed by atoms with E-state index in [9.17, 15) is 9.59 Å². The van der Waals surface area contributed by atoms with Crippen LogP contribution in [0.1, 0.15) is 60.9 Å². The van der Waals surface area contributed by atoms with E-state index in [1.54, 1.807) is 11.0 Å². The van der Waals surface area contributed by atoms with Gasteiger partial charge in [0.15, 0.2) is 5.76 Å². The minimum atomic E-state index is -0.810. The highest BCUT2D eigenvalue weighted by Gasteiger charge is 2.29. The molecular formula is C16H23NO4. The highest BCUT2D eigenvalue weighted by molar-refractivity contribution is 5.92. The van der Waals surface area contributed by atoms with Gasteiger partial charge in [-0.15, -0.1) is 0 Å². The molecule has 1 N–H and O–H groups in total. The van der Waals surface area contributed by atoms with Gasteiger partial charge in [-0.3, -0.25) is 9.59 Å². The lowest BCUT2D eigenvalue weighted by Gasteiger charge is -2.35. The summed E-state index contributed by atoms with van der Waals surface area (Å²) < 4.78 is 5.65. The molecule has 0 spiro atoms. The topological polar surface area (TPSA) is 70.8 Å². The number of carbonyl (C=O) groups is 2. The summed E-state index contributed by atoms with van der Waals surface area (Å²) in [6.45, 7) is 4.62. The lowest BCUT2D eigenvalue weighted by Crippen LogP contribution is -2.43. The highest BCUT2D eigenvalue weighted by atomic mass is 16.4. The average molecular weight is 293 g/mol. The van der Waals surface area contributed by atoms with Gasteiger partial charge in [0.25, 0.3) is 5.91 Å². The largest absolute Gasteiger partial charge is 0.481 e. The van der Waals surface area contributed by atoms with E-state index in [0.29, 0.717) is 18.7 Å². The maximum atomic E-state index is 12.6. The monoisotopic (exact) mass is 293 g/mol. The summed E-state index contributed by atoms with van der Waals surface area (Å²) in [6.07, 6.45) is 4.27. The van der Waals surface area contributed by atoms with Crippen LogP contribution in [-0.2, 0) is 11.2 Å². The third-order valence-electron chi connectivity index (χ3n) is 4.13. The zero-order valence-electron chi connectivity index (χ0n) is 12.7. The van der Waals surface area contributed by atoms with Crippen molar-refractivity contribution in [3.63, 3.8) is 0 Å². The van der Waals surface area contributed by atoms with Crippen LogP contribution in [-0.4, -0.2) is 34.5 Å². The Bertz CT molecular complexity index is 520. The van der Waals surface area contributed by atoms with Crippen molar-refractivity contribution in [2.75, 3.05) is 6.54 Å². The second kappa shape index (κ2) is 6.78. The van der Waals surface area contributed by atoms with Crippen molar-refractivity contribution in [3.05, 3.63) is 23.2 Å². The molecule has 1 amide bonds. The average Bonchev–Trinajstić information content (AvgIpc) is 2.85. The summed E-state index contributed by atoms with van der Waals surface area (Å²) in [4.78, 5) is 25.2. The molecule has 5 heteroatoms. The van der Waals surface area contributed by atoms with Gasteiger partial charge in [0.05, 0.1) is 0 Å². The fourth-order valence-corrected chi connectivity index (χ4v) is 2.98. The molecule has 1 fully saturated rings. The van der Waals surface area contributed by atoms with Gasteiger partial charge >= 0.3 is 5.97 Å². The van der Waals surface area contributed by atoms with Gasteiger partial charge in [-0.2, -0.15) is 0 Å². The summed E-state index contributed by atoms with van der Waals surface area (Å²) in [5.74, 6) is 0.312. The molecule has 116 valence electrons. The van der Waals surface area contributed by atoms with Crippen molar-refractivity contribution in [2.45, 2.75) is 58.4 Å².